The summed E-state index contributed by atoms with van der Waals surface area (Å²) in [5.74, 6) is 0. The second-order valence-corrected chi connectivity index (χ2v) is 7.81. The summed E-state index contributed by atoms with van der Waals surface area (Å²) in [7, 11) is 0. The van der Waals surface area contributed by atoms with Crippen molar-refractivity contribution in [3.63, 3.8) is 0 Å². The van der Waals surface area contributed by atoms with Crippen LogP contribution in [0.25, 0.3) is 22.3 Å². The van der Waals surface area contributed by atoms with Gasteiger partial charge in [0.25, 0.3) is 0 Å². The molecule has 5 rings (SSSR count). The second-order valence-electron chi connectivity index (χ2n) is 7.81. The zero-order chi connectivity index (χ0) is 17.3. The van der Waals surface area contributed by atoms with Crippen molar-refractivity contribution in [3.8, 4) is 22.3 Å². The molecule has 2 aliphatic carbocycles. The second kappa shape index (κ2) is 6.76. The SMILES string of the molecule is c1ccc(-c2c3c(c(-c4ccccc4)c4c2CCCC4)CCCC3)cc1. The number of fused-ring (bicyclic) bond motifs is 2. The molecule has 0 bridgehead atoms. The summed E-state index contributed by atoms with van der Waals surface area (Å²) in [6.07, 6.45) is 10.3. The van der Waals surface area contributed by atoms with Crippen LogP contribution in [0.2, 0.25) is 0 Å². The Kier molecular flexibility index (Phi) is 4.13. The van der Waals surface area contributed by atoms with Gasteiger partial charge in [-0.3, -0.25) is 0 Å². The maximum absolute atomic E-state index is 2.32. The van der Waals surface area contributed by atoms with Gasteiger partial charge < -0.3 is 0 Å². The van der Waals surface area contributed by atoms with E-state index >= 15 is 0 Å². The van der Waals surface area contributed by atoms with Crippen molar-refractivity contribution in [2.45, 2.75) is 51.4 Å². The van der Waals surface area contributed by atoms with Gasteiger partial charge in [0.2, 0.25) is 0 Å². The van der Waals surface area contributed by atoms with Crippen LogP contribution in [0.1, 0.15) is 47.9 Å². The van der Waals surface area contributed by atoms with E-state index in [4.69, 9.17) is 0 Å². The Morgan fingerprint density at radius 1 is 0.385 bits per heavy atom. The first-order valence-electron chi connectivity index (χ1n) is 10.2. The molecule has 0 heterocycles. The van der Waals surface area contributed by atoms with Gasteiger partial charge in [-0.15, -0.1) is 0 Å². The van der Waals surface area contributed by atoms with Crippen LogP contribution in [0.15, 0.2) is 60.7 Å². The predicted molar refractivity (Wildman–Crippen MR) is 111 cm³/mol. The Hall–Kier alpha value is -2.34. The molecule has 130 valence electrons. The third-order valence-electron chi connectivity index (χ3n) is 6.27. The molecular weight excluding hydrogens is 312 g/mol. The monoisotopic (exact) mass is 338 g/mol. The molecule has 2 aliphatic rings. The average Bonchev–Trinajstić information content (AvgIpc) is 2.73. The van der Waals surface area contributed by atoms with E-state index in [-0.39, 0.29) is 0 Å². The van der Waals surface area contributed by atoms with Crippen LogP contribution in [0.4, 0.5) is 0 Å². The lowest BCUT2D eigenvalue weighted by Gasteiger charge is -2.31. The molecule has 0 aliphatic heterocycles. The van der Waals surface area contributed by atoms with E-state index in [1.807, 2.05) is 0 Å². The van der Waals surface area contributed by atoms with Crippen LogP contribution in [0.3, 0.4) is 0 Å². The first-order valence-corrected chi connectivity index (χ1v) is 10.2. The molecule has 0 N–H and O–H groups in total. The highest BCUT2D eigenvalue weighted by atomic mass is 14.3. The lowest BCUT2D eigenvalue weighted by molar-refractivity contribution is 0.662. The van der Waals surface area contributed by atoms with E-state index < -0.39 is 0 Å². The standard InChI is InChI=1S/C26H26/c1-3-11-19(12-4-1)25-21-15-7-9-17-23(21)26(20-13-5-2-6-14-20)24-18-10-8-16-22(24)25/h1-6,11-14H,7-10,15-18H2. The smallest absolute Gasteiger partial charge is 0.0114 e. The molecule has 0 atom stereocenters. The fraction of sp³-hybridized carbons (Fsp3) is 0.308. The van der Waals surface area contributed by atoms with E-state index in [0.29, 0.717) is 0 Å². The van der Waals surface area contributed by atoms with Gasteiger partial charge in [-0.2, -0.15) is 0 Å². The molecule has 0 saturated heterocycles. The van der Waals surface area contributed by atoms with Crippen molar-refractivity contribution in [3.05, 3.63) is 82.9 Å². The van der Waals surface area contributed by atoms with E-state index in [2.05, 4.69) is 60.7 Å². The zero-order valence-electron chi connectivity index (χ0n) is 15.4. The Bertz CT molecular complexity index is 804. The molecule has 0 spiro atoms. The number of hydrogen-bond acceptors (Lipinski definition) is 0. The molecule has 0 radical (unpaired) electrons. The van der Waals surface area contributed by atoms with Crippen LogP contribution < -0.4 is 0 Å². The van der Waals surface area contributed by atoms with E-state index in [0.717, 1.165) is 0 Å². The van der Waals surface area contributed by atoms with Crippen LogP contribution in [0, 0.1) is 0 Å². The van der Waals surface area contributed by atoms with Gasteiger partial charge in [0.05, 0.1) is 0 Å². The third-order valence-corrected chi connectivity index (χ3v) is 6.27. The Morgan fingerprint density at radius 2 is 0.692 bits per heavy atom. The summed E-state index contributed by atoms with van der Waals surface area (Å²) in [4.78, 5) is 0. The van der Waals surface area contributed by atoms with E-state index in [1.165, 1.54) is 62.5 Å². The van der Waals surface area contributed by atoms with Crippen LogP contribution >= 0.6 is 0 Å². The summed E-state index contributed by atoms with van der Waals surface area (Å²) in [6, 6.07) is 22.4. The zero-order valence-corrected chi connectivity index (χ0v) is 15.4. The lowest BCUT2D eigenvalue weighted by atomic mass is 9.73. The van der Waals surface area contributed by atoms with Crippen molar-refractivity contribution in [1.82, 2.24) is 0 Å². The summed E-state index contributed by atoms with van der Waals surface area (Å²) >= 11 is 0. The number of rotatable bonds is 2. The lowest BCUT2D eigenvalue weighted by Crippen LogP contribution is -2.15. The molecule has 3 aromatic rings. The molecule has 0 nitrogen and oxygen atoms in total. The largest absolute Gasteiger partial charge is 0.0622 e. The first-order chi connectivity index (χ1) is 12.9. The molecule has 0 unspecified atom stereocenters. The van der Waals surface area contributed by atoms with Gasteiger partial charge in [-0.05, 0) is 95.9 Å². The Balaban J connectivity index is 1.86. The van der Waals surface area contributed by atoms with Crippen molar-refractivity contribution in [1.29, 1.82) is 0 Å². The van der Waals surface area contributed by atoms with Gasteiger partial charge in [0.1, 0.15) is 0 Å². The van der Waals surface area contributed by atoms with E-state index in [9.17, 15) is 0 Å². The van der Waals surface area contributed by atoms with Crippen molar-refractivity contribution >= 4 is 0 Å². The van der Waals surface area contributed by atoms with Gasteiger partial charge in [0, 0.05) is 0 Å². The van der Waals surface area contributed by atoms with Gasteiger partial charge in [-0.25, -0.2) is 0 Å². The minimum Gasteiger partial charge on any atom is -0.0622 e. The molecule has 0 aromatic heterocycles. The Morgan fingerprint density at radius 3 is 1.00 bits per heavy atom. The topological polar surface area (TPSA) is 0 Å². The normalized spacial score (nSPS) is 16.0. The third kappa shape index (κ3) is 2.60. The molecule has 3 aromatic carbocycles. The Labute approximate surface area is 156 Å². The first kappa shape index (κ1) is 15.9. The molecule has 0 fully saturated rings. The molecule has 0 saturated carbocycles. The van der Waals surface area contributed by atoms with Crippen molar-refractivity contribution < 1.29 is 0 Å². The van der Waals surface area contributed by atoms with E-state index in [1.54, 1.807) is 33.4 Å². The van der Waals surface area contributed by atoms with Crippen LogP contribution in [-0.2, 0) is 25.7 Å². The molecule has 0 heteroatoms. The van der Waals surface area contributed by atoms with Crippen molar-refractivity contribution in [2.75, 3.05) is 0 Å². The van der Waals surface area contributed by atoms with Crippen LogP contribution in [0.5, 0.6) is 0 Å². The van der Waals surface area contributed by atoms with Gasteiger partial charge in [-0.1, -0.05) is 60.7 Å². The van der Waals surface area contributed by atoms with Gasteiger partial charge in [0.15, 0.2) is 0 Å². The highest BCUT2D eigenvalue weighted by Gasteiger charge is 2.27. The fourth-order valence-corrected chi connectivity index (χ4v) is 5.19. The number of hydrogen-bond donors (Lipinski definition) is 0. The highest BCUT2D eigenvalue weighted by Crippen LogP contribution is 2.45. The summed E-state index contributed by atoms with van der Waals surface area (Å²) in [6.45, 7) is 0. The summed E-state index contributed by atoms with van der Waals surface area (Å²) in [5, 5.41) is 0. The predicted octanol–water partition coefficient (Wildman–Crippen LogP) is 6.78. The molecular formula is C26H26. The highest BCUT2D eigenvalue weighted by molar-refractivity contribution is 5.84. The maximum Gasteiger partial charge on any atom is -0.0114 e. The summed E-state index contributed by atoms with van der Waals surface area (Å²) in [5.41, 5.74) is 12.7. The van der Waals surface area contributed by atoms with Crippen LogP contribution in [-0.4, -0.2) is 0 Å². The number of benzene rings is 3. The maximum atomic E-state index is 2.32. The van der Waals surface area contributed by atoms with Crippen molar-refractivity contribution in [2.24, 2.45) is 0 Å². The quantitative estimate of drug-likeness (QED) is 0.483. The van der Waals surface area contributed by atoms with Gasteiger partial charge >= 0.3 is 0 Å². The summed E-state index contributed by atoms with van der Waals surface area (Å²) < 4.78 is 0. The minimum atomic E-state index is 1.24. The molecule has 0 amide bonds. The average molecular weight is 338 g/mol. The fourth-order valence-electron chi connectivity index (χ4n) is 5.19. The minimum absolute atomic E-state index is 1.24. The molecule has 26 heavy (non-hydrogen) atoms.